The van der Waals surface area contributed by atoms with Crippen LogP contribution in [0.3, 0.4) is 0 Å². The van der Waals surface area contributed by atoms with Gasteiger partial charge in [0.25, 0.3) is 5.91 Å². The summed E-state index contributed by atoms with van der Waals surface area (Å²) in [6.45, 7) is 1.76. The van der Waals surface area contributed by atoms with E-state index in [4.69, 9.17) is 0 Å². The summed E-state index contributed by atoms with van der Waals surface area (Å²) < 4.78 is 0.736. The van der Waals surface area contributed by atoms with Crippen LogP contribution in [-0.4, -0.2) is 43.0 Å². The maximum atomic E-state index is 11.7. The molecule has 0 radical (unpaired) electrons. The number of carbonyl (C=O) groups excluding carboxylic acids is 1. The van der Waals surface area contributed by atoms with E-state index in [0.29, 0.717) is 12.1 Å². The number of hydrogen-bond acceptors (Lipinski definition) is 3. The molecule has 1 aromatic rings. The highest BCUT2D eigenvalue weighted by molar-refractivity contribution is 9.10. The number of aromatic nitrogens is 1. The number of unbranched alkanes of at least 4 members (excludes halogenated alkanes) is 1. The van der Waals surface area contributed by atoms with Gasteiger partial charge in [-0.15, -0.1) is 0 Å². The number of nitrogens with one attached hydrogen (secondary N) is 1. The number of pyridine rings is 1. The van der Waals surface area contributed by atoms with E-state index < -0.39 is 0 Å². The maximum Gasteiger partial charge on any atom is 0.252 e. The number of amides is 1. The van der Waals surface area contributed by atoms with Crippen molar-refractivity contribution < 1.29 is 4.79 Å². The fourth-order valence-electron chi connectivity index (χ4n) is 1.37. The molecular weight excluding hydrogens is 282 g/mol. The van der Waals surface area contributed by atoms with E-state index in [9.17, 15) is 4.79 Å². The molecule has 1 amide bonds. The Morgan fingerprint density at radius 3 is 2.76 bits per heavy atom. The average molecular weight is 300 g/mol. The summed E-state index contributed by atoms with van der Waals surface area (Å²) in [4.78, 5) is 17.8. The van der Waals surface area contributed by atoms with Crippen molar-refractivity contribution in [2.75, 3.05) is 27.2 Å². The van der Waals surface area contributed by atoms with Crippen LogP contribution in [0, 0.1) is 0 Å². The number of carbonyl (C=O) groups is 1. The lowest BCUT2D eigenvalue weighted by atomic mass is 10.2. The molecule has 5 heteroatoms. The lowest BCUT2D eigenvalue weighted by Crippen LogP contribution is -2.25. The van der Waals surface area contributed by atoms with Gasteiger partial charge in [-0.25, -0.2) is 4.98 Å². The zero-order valence-corrected chi connectivity index (χ0v) is 11.8. The average Bonchev–Trinajstić information content (AvgIpc) is 2.29. The van der Waals surface area contributed by atoms with E-state index in [-0.39, 0.29) is 5.91 Å². The SMILES string of the molecule is CN(C)CCCCNC(=O)c1ccc(Br)nc1. The minimum Gasteiger partial charge on any atom is -0.352 e. The number of hydrogen-bond donors (Lipinski definition) is 1. The Morgan fingerprint density at radius 1 is 1.41 bits per heavy atom. The quantitative estimate of drug-likeness (QED) is 0.645. The van der Waals surface area contributed by atoms with Gasteiger partial charge < -0.3 is 10.2 Å². The van der Waals surface area contributed by atoms with Crippen molar-refractivity contribution in [3.05, 3.63) is 28.5 Å². The first-order valence-corrected chi connectivity index (χ1v) is 6.43. The van der Waals surface area contributed by atoms with E-state index in [1.54, 1.807) is 18.3 Å². The summed E-state index contributed by atoms with van der Waals surface area (Å²) >= 11 is 3.23. The summed E-state index contributed by atoms with van der Waals surface area (Å²) in [5.41, 5.74) is 0.598. The van der Waals surface area contributed by atoms with Gasteiger partial charge in [0.15, 0.2) is 0 Å². The summed E-state index contributed by atoms with van der Waals surface area (Å²) in [7, 11) is 4.10. The van der Waals surface area contributed by atoms with Crippen molar-refractivity contribution in [3.8, 4) is 0 Å². The first-order chi connectivity index (χ1) is 8.09. The molecule has 0 aliphatic carbocycles. The van der Waals surface area contributed by atoms with E-state index in [0.717, 1.165) is 24.0 Å². The van der Waals surface area contributed by atoms with E-state index in [1.165, 1.54) is 0 Å². The first-order valence-electron chi connectivity index (χ1n) is 5.64. The van der Waals surface area contributed by atoms with Gasteiger partial charge in [-0.3, -0.25) is 4.79 Å². The van der Waals surface area contributed by atoms with Crippen molar-refractivity contribution in [2.24, 2.45) is 0 Å². The van der Waals surface area contributed by atoms with Crippen LogP contribution in [0.25, 0.3) is 0 Å². The Bertz CT molecular complexity index is 351. The van der Waals surface area contributed by atoms with Gasteiger partial charge in [0, 0.05) is 12.7 Å². The van der Waals surface area contributed by atoms with Crippen LogP contribution in [0.5, 0.6) is 0 Å². The van der Waals surface area contributed by atoms with Crippen LogP contribution in [-0.2, 0) is 0 Å². The highest BCUT2D eigenvalue weighted by Gasteiger charge is 2.04. The third-order valence-electron chi connectivity index (χ3n) is 2.31. The van der Waals surface area contributed by atoms with Gasteiger partial charge in [0.05, 0.1) is 5.56 Å². The van der Waals surface area contributed by atoms with Crippen molar-refractivity contribution in [2.45, 2.75) is 12.8 Å². The predicted molar refractivity (Wildman–Crippen MR) is 72.1 cm³/mol. The molecule has 17 heavy (non-hydrogen) atoms. The van der Waals surface area contributed by atoms with Crippen molar-refractivity contribution in [3.63, 3.8) is 0 Å². The molecule has 0 saturated carbocycles. The fraction of sp³-hybridized carbons (Fsp3) is 0.500. The monoisotopic (exact) mass is 299 g/mol. The molecule has 1 N–H and O–H groups in total. The van der Waals surface area contributed by atoms with Crippen LogP contribution in [0.15, 0.2) is 22.9 Å². The molecule has 0 fully saturated rings. The van der Waals surface area contributed by atoms with Gasteiger partial charge in [-0.05, 0) is 61.5 Å². The second kappa shape index (κ2) is 7.40. The Morgan fingerprint density at radius 2 is 2.18 bits per heavy atom. The Kier molecular flexibility index (Phi) is 6.15. The minimum absolute atomic E-state index is 0.0603. The molecular formula is C12H18BrN3O. The molecule has 0 spiro atoms. The summed E-state index contributed by atoms with van der Waals surface area (Å²) in [5.74, 6) is -0.0603. The predicted octanol–water partition coefficient (Wildman–Crippen LogP) is 1.92. The largest absolute Gasteiger partial charge is 0.352 e. The molecule has 0 aliphatic rings. The molecule has 0 saturated heterocycles. The molecule has 94 valence electrons. The molecule has 1 rings (SSSR count). The second-order valence-corrected chi connectivity index (χ2v) is 4.95. The van der Waals surface area contributed by atoms with Gasteiger partial charge >= 0.3 is 0 Å². The Hall–Kier alpha value is -0.940. The maximum absolute atomic E-state index is 11.7. The lowest BCUT2D eigenvalue weighted by Gasteiger charge is -2.09. The van der Waals surface area contributed by atoms with Gasteiger partial charge in [0.2, 0.25) is 0 Å². The number of nitrogens with zero attached hydrogens (tertiary/aromatic N) is 2. The summed E-state index contributed by atoms with van der Waals surface area (Å²) in [6, 6.07) is 3.52. The van der Waals surface area contributed by atoms with Crippen LogP contribution in [0.4, 0.5) is 0 Å². The van der Waals surface area contributed by atoms with Crippen molar-refractivity contribution in [1.82, 2.24) is 15.2 Å². The van der Waals surface area contributed by atoms with Crippen LogP contribution in [0.1, 0.15) is 23.2 Å². The molecule has 0 bridgehead atoms. The van der Waals surface area contributed by atoms with Crippen LogP contribution in [0.2, 0.25) is 0 Å². The topological polar surface area (TPSA) is 45.2 Å². The molecule has 0 unspecified atom stereocenters. The third kappa shape index (κ3) is 5.79. The van der Waals surface area contributed by atoms with Gasteiger partial charge in [-0.1, -0.05) is 0 Å². The lowest BCUT2D eigenvalue weighted by molar-refractivity contribution is 0.0952. The van der Waals surface area contributed by atoms with Crippen molar-refractivity contribution >= 4 is 21.8 Å². The minimum atomic E-state index is -0.0603. The summed E-state index contributed by atoms with van der Waals surface area (Å²) in [6.07, 6.45) is 3.65. The van der Waals surface area contributed by atoms with Gasteiger partial charge in [0.1, 0.15) is 4.60 Å². The van der Waals surface area contributed by atoms with Crippen LogP contribution < -0.4 is 5.32 Å². The van der Waals surface area contributed by atoms with Crippen LogP contribution >= 0.6 is 15.9 Å². The Balaban J connectivity index is 2.23. The highest BCUT2D eigenvalue weighted by Crippen LogP contribution is 2.06. The molecule has 1 heterocycles. The molecule has 0 atom stereocenters. The van der Waals surface area contributed by atoms with E-state index in [2.05, 4.69) is 31.1 Å². The number of halogens is 1. The zero-order chi connectivity index (χ0) is 12.7. The fourth-order valence-corrected chi connectivity index (χ4v) is 1.60. The van der Waals surface area contributed by atoms with Gasteiger partial charge in [-0.2, -0.15) is 0 Å². The van der Waals surface area contributed by atoms with E-state index in [1.807, 2.05) is 14.1 Å². The molecule has 0 aliphatic heterocycles. The second-order valence-electron chi connectivity index (χ2n) is 4.14. The normalized spacial score (nSPS) is 10.6. The highest BCUT2D eigenvalue weighted by atomic mass is 79.9. The Labute approximate surface area is 111 Å². The first kappa shape index (κ1) is 14.1. The molecule has 4 nitrogen and oxygen atoms in total. The molecule has 0 aromatic carbocycles. The number of rotatable bonds is 6. The van der Waals surface area contributed by atoms with Crippen molar-refractivity contribution in [1.29, 1.82) is 0 Å². The standard InChI is InChI=1S/C12H18BrN3O/c1-16(2)8-4-3-7-14-12(17)10-5-6-11(13)15-9-10/h5-6,9H,3-4,7-8H2,1-2H3,(H,14,17). The zero-order valence-electron chi connectivity index (χ0n) is 10.2. The summed E-state index contributed by atoms with van der Waals surface area (Å²) in [5, 5.41) is 2.88. The third-order valence-corrected chi connectivity index (χ3v) is 2.78. The molecule has 1 aromatic heterocycles. The smallest absolute Gasteiger partial charge is 0.252 e. The van der Waals surface area contributed by atoms with E-state index >= 15 is 0 Å².